The first-order chi connectivity index (χ1) is 13.7. The predicted molar refractivity (Wildman–Crippen MR) is 127 cm³/mol. The Bertz CT molecular complexity index is 1040. The molecule has 8 rings (SSSR count). The lowest BCUT2D eigenvalue weighted by Gasteiger charge is -2.14. The molecule has 4 bridgehead atoms. The van der Waals surface area contributed by atoms with Gasteiger partial charge in [0, 0.05) is 9.65 Å². The molecule has 0 spiro atoms. The van der Waals surface area contributed by atoms with Gasteiger partial charge >= 0.3 is 0 Å². The molecule has 4 aliphatic carbocycles. The van der Waals surface area contributed by atoms with Gasteiger partial charge in [0.2, 0.25) is 0 Å². The van der Waals surface area contributed by atoms with Crippen molar-refractivity contribution in [2.45, 2.75) is 22.5 Å². The average molecular weight is 492 g/mol. The Morgan fingerprint density at radius 3 is 1.39 bits per heavy atom. The van der Waals surface area contributed by atoms with Crippen LogP contribution in [0.5, 0.6) is 0 Å². The zero-order valence-corrected chi connectivity index (χ0v) is 18.6. The van der Waals surface area contributed by atoms with E-state index in [1.54, 1.807) is 0 Å². The van der Waals surface area contributed by atoms with E-state index in [1.165, 1.54) is 44.2 Å². The Morgan fingerprint density at radius 2 is 0.964 bits per heavy atom. The molecule has 0 N–H and O–H groups in total. The quantitative estimate of drug-likeness (QED) is 0.215. The highest BCUT2D eigenvalue weighted by Crippen LogP contribution is 2.40. The minimum absolute atomic E-state index is 0.370. The minimum Gasteiger partial charge on any atom is -0.0839 e. The fourth-order valence-corrected chi connectivity index (χ4v) is 5.33. The fourth-order valence-electron chi connectivity index (χ4n) is 4.19. The topological polar surface area (TPSA) is 0 Å². The highest BCUT2D eigenvalue weighted by molar-refractivity contribution is 9.09. The first-order valence-corrected chi connectivity index (χ1v) is 11.5. The van der Waals surface area contributed by atoms with Crippen molar-refractivity contribution in [2.75, 3.05) is 0 Å². The van der Waals surface area contributed by atoms with Gasteiger partial charge in [-0.3, -0.25) is 0 Å². The molecular weight excluding hydrogens is 472 g/mol. The molecule has 2 atom stereocenters. The third kappa shape index (κ3) is 3.23. The van der Waals surface area contributed by atoms with Crippen LogP contribution in [-0.4, -0.2) is 0 Å². The molecule has 0 aliphatic heterocycles. The lowest BCUT2D eigenvalue weighted by atomic mass is 9.91. The molecule has 0 heterocycles. The van der Waals surface area contributed by atoms with E-state index in [-0.39, 0.29) is 0 Å². The summed E-state index contributed by atoms with van der Waals surface area (Å²) in [5.74, 6) is 0. The maximum Gasteiger partial charge on any atom is 0.0395 e. The van der Waals surface area contributed by atoms with Gasteiger partial charge in [0.1, 0.15) is 0 Å². The summed E-state index contributed by atoms with van der Waals surface area (Å²) in [4.78, 5) is 0.739. The summed E-state index contributed by atoms with van der Waals surface area (Å²) in [6.07, 6.45) is 2.18. The summed E-state index contributed by atoms with van der Waals surface area (Å²) in [5.41, 5.74) is 7.81. The highest BCUT2D eigenvalue weighted by atomic mass is 79.9. The molecule has 0 saturated heterocycles. The Balaban J connectivity index is 1.81. The molecule has 0 saturated carbocycles. The number of hydrogen-bond donors (Lipinski definition) is 0. The molecule has 0 radical (unpaired) electrons. The molecule has 4 aromatic carbocycles. The van der Waals surface area contributed by atoms with Crippen LogP contribution in [0.3, 0.4) is 0 Å². The van der Waals surface area contributed by atoms with E-state index in [0.717, 1.165) is 12.8 Å². The highest BCUT2D eigenvalue weighted by Gasteiger charge is 2.16. The lowest BCUT2D eigenvalue weighted by Crippen LogP contribution is -1.95. The normalized spacial score (nSPS) is 18.8. The largest absolute Gasteiger partial charge is 0.0839 e. The van der Waals surface area contributed by atoms with Crippen molar-refractivity contribution in [3.05, 3.63) is 96.1 Å². The second-order valence-electron chi connectivity index (χ2n) is 7.47. The van der Waals surface area contributed by atoms with Crippen LogP contribution in [-0.2, 0) is 0 Å². The van der Waals surface area contributed by atoms with Gasteiger partial charge in [0.15, 0.2) is 0 Å². The molecular formula is C26H20Br2. The summed E-state index contributed by atoms with van der Waals surface area (Å²) in [7, 11) is 0. The maximum atomic E-state index is 3.90. The number of alkyl halides is 2. The van der Waals surface area contributed by atoms with E-state index in [2.05, 4.69) is 117 Å². The minimum atomic E-state index is 0.370. The fraction of sp³-hybridized carbons (Fsp3) is 0.154. The number of halogens is 2. The van der Waals surface area contributed by atoms with Crippen molar-refractivity contribution in [2.24, 2.45) is 0 Å². The zero-order chi connectivity index (χ0) is 19.1. The smallest absolute Gasteiger partial charge is 0.0395 e. The van der Waals surface area contributed by atoms with E-state index in [9.17, 15) is 0 Å². The van der Waals surface area contributed by atoms with Crippen LogP contribution in [0.4, 0.5) is 0 Å². The SMILES string of the molecule is Br[C@@H]1CC[C@H](Br)c2ccc(cc2)-c2cccc3cccc(c23)-c2ccc1cc2. The van der Waals surface area contributed by atoms with Crippen molar-refractivity contribution < 1.29 is 0 Å². The molecule has 0 amide bonds. The Kier molecular flexibility index (Phi) is 4.86. The second-order valence-corrected chi connectivity index (χ2v) is 9.68. The van der Waals surface area contributed by atoms with Gasteiger partial charge in [0.25, 0.3) is 0 Å². The first-order valence-electron chi connectivity index (χ1n) is 9.71. The number of hydrogen-bond acceptors (Lipinski definition) is 0. The third-order valence-corrected chi connectivity index (χ3v) is 7.72. The van der Waals surface area contributed by atoms with E-state index in [0.29, 0.717) is 9.65 Å². The van der Waals surface area contributed by atoms with Crippen LogP contribution in [0.25, 0.3) is 33.0 Å². The monoisotopic (exact) mass is 490 g/mol. The van der Waals surface area contributed by atoms with Crippen LogP contribution in [0.15, 0.2) is 84.9 Å². The third-order valence-electron chi connectivity index (χ3n) is 5.75. The molecule has 138 valence electrons. The van der Waals surface area contributed by atoms with E-state index in [1.807, 2.05) is 0 Å². The number of rotatable bonds is 0. The van der Waals surface area contributed by atoms with E-state index >= 15 is 0 Å². The number of benzene rings is 4. The van der Waals surface area contributed by atoms with Crippen LogP contribution in [0, 0.1) is 0 Å². The van der Waals surface area contributed by atoms with Crippen molar-refractivity contribution in [3.63, 3.8) is 0 Å². The van der Waals surface area contributed by atoms with Crippen LogP contribution < -0.4 is 0 Å². The van der Waals surface area contributed by atoms with Gasteiger partial charge in [-0.05, 0) is 57.0 Å². The van der Waals surface area contributed by atoms with Crippen molar-refractivity contribution in [1.29, 1.82) is 0 Å². The van der Waals surface area contributed by atoms with Crippen LogP contribution >= 0.6 is 31.9 Å². The Hall–Kier alpha value is -1.90. The molecule has 4 aromatic rings. The molecule has 2 heteroatoms. The molecule has 0 unspecified atom stereocenters. The van der Waals surface area contributed by atoms with Crippen LogP contribution in [0.1, 0.15) is 33.6 Å². The Labute approximate surface area is 182 Å². The van der Waals surface area contributed by atoms with Gasteiger partial charge < -0.3 is 0 Å². The van der Waals surface area contributed by atoms with Gasteiger partial charge in [0.05, 0.1) is 0 Å². The van der Waals surface area contributed by atoms with E-state index < -0.39 is 0 Å². The Morgan fingerprint density at radius 1 is 0.536 bits per heavy atom. The van der Waals surface area contributed by atoms with Gasteiger partial charge in [-0.25, -0.2) is 0 Å². The van der Waals surface area contributed by atoms with Crippen molar-refractivity contribution in [3.8, 4) is 22.3 Å². The lowest BCUT2D eigenvalue weighted by molar-refractivity contribution is 0.725. The van der Waals surface area contributed by atoms with Gasteiger partial charge in [-0.1, -0.05) is 117 Å². The molecule has 4 aliphatic rings. The summed E-state index contributed by atoms with van der Waals surface area (Å²) < 4.78 is 0. The summed E-state index contributed by atoms with van der Waals surface area (Å²) in [5, 5.41) is 2.61. The van der Waals surface area contributed by atoms with Crippen LogP contribution in [0.2, 0.25) is 0 Å². The molecule has 0 aromatic heterocycles. The summed E-state index contributed by atoms with van der Waals surface area (Å²) in [6.45, 7) is 0. The summed E-state index contributed by atoms with van der Waals surface area (Å²) in [6, 6.07) is 31.4. The van der Waals surface area contributed by atoms with Gasteiger partial charge in [-0.2, -0.15) is 0 Å². The maximum absolute atomic E-state index is 3.90. The molecule has 0 fully saturated rings. The average Bonchev–Trinajstić information content (AvgIpc) is 2.76. The van der Waals surface area contributed by atoms with Crippen molar-refractivity contribution >= 4 is 42.6 Å². The van der Waals surface area contributed by atoms with E-state index in [4.69, 9.17) is 0 Å². The predicted octanol–water partition coefficient (Wildman–Crippen LogP) is 8.84. The standard InChI is InChI=1S/C26H20Br2/c27-24-15-16-25(28)20-13-9-18(10-14-20)23-6-2-4-21-3-1-5-22(26(21)23)17-7-11-19(24)12-8-17/h1-14,24-25H,15-16H2/t24-,25+. The van der Waals surface area contributed by atoms with Gasteiger partial charge in [-0.15, -0.1) is 0 Å². The first kappa shape index (κ1) is 18.1. The van der Waals surface area contributed by atoms with Crippen molar-refractivity contribution in [1.82, 2.24) is 0 Å². The second kappa shape index (κ2) is 7.50. The summed E-state index contributed by atoms with van der Waals surface area (Å²) >= 11 is 7.79. The molecule has 0 nitrogen and oxygen atoms in total. The molecule has 28 heavy (non-hydrogen) atoms. The zero-order valence-electron chi connectivity index (χ0n) is 15.4.